The van der Waals surface area contributed by atoms with Crippen molar-refractivity contribution in [1.82, 2.24) is 20.2 Å². The molecule has 0 saturated carbocycles. The molecule has 0 radical (unpaired) electrons. The molecule has 15 atom stereocenters. The molecular formula is C62H90N13O14P. The lowest BCUT2D eigenvalue weighted by Gasteiger charge is -2.48. The summed E-state index contributed by atoms with van der Waals surface area (Å²) in [4.78, 5) is 126. The zero-order chi connectivity index (χ0) is 66.7. The molecule has 2 saturated heterocycles. The van der Waals surface area contributed by atoms with Crippen molar-refractivity contribution in [1.29, 1.82) is 0 Å². The number of phosphoric ester groups is 1. The average Bonchev–Trinajstić information content (AvgIpc) is 1.53. The van der Waals surface area contributed by atoms with Crippen LogP contribution in [-0.4, -0.2) is 132 Å². The van der Waals surface area contributed by atoms with Crippen LogP contribution in [0.4, 0.5) is 0 Å². The van der Waals surface area contributed by atoms with Crippen molar-refractivity contribution in [3.8, 4) is 0 Å². The van der Waals surface area contributed by atoms with Crippen molar-refractivity contribution in [3.63, 3.8) is 0 Å². The Kier molecular flexibility index (Phi) is 19.6. The summed E-state index contributed by atoms with van der Waals surface area (Å²) in [6.07, 6.45) is -4.26. The minimum Gasteiger partial charge on any atom is -0.394 e. The van der Waals surface area contributed by atoms with Crippen LogP contribution in [0.5, 0.6) is 0 Å². The molecule has 0 aliphatic carbocycles. The van der Waals surface area contributed by atoms with Crippen LogP contribution in [-0.2, 0) is 51.9 Å². The Morgan fingerprint density at radius 3 is 1.99 bits per heavy atom. The first-order valence-corrected chi connectivity index (χ1v) is 32.1. The van der Waals surface area contributed by atoms with Gasteiger partial charge in [-0.15, -0.1) is 0 Å². The van der Waals surface area contributed by atoms with Crippen molar-refractivity contribution in [3.05, 3.63) is 63.9 Å². The molecule has 0 spiro atoms. The summed E-state index contributed by atoms with van der Waals surface area (Å²) < 4.78 is 32.3. The fourth-order valence-corrected chi connectivity index (χ4v) is 16.6. The quantitative estimate of drug-likeness (QED) is 0.0603. The first kappa shape index (κ1) is 68.9. The van der Waals surface area contributed by atoms with Gasteiger partial charge in [-0.05, 0) is 108 Å². The number of carbonyl (C=O) groups is 7. The molecule has 1 aromatic heterocycles. The molecular weight excluding hydrogens is 1180 g/mol. The van der Waals surface area contributed by atoms with Gasteiger partial charge >= 0.3 is 7.82 Å². The van der Waals surface area contributed by atoms with Crippen molar-refractivity contribution < 1.29 is 67.0 Å². The summed E-state index contributed by atoms with van der Waals surface area (Å²) in [7, 11) is -5.07. The Morgan fingerprint density at radius 1 is 0.800 bits per heavy atom. The monoisotopic (exact) mass is 1270 g/mol. The highest BCUT2D eigenvalue weighted by atomic mass is 31.2. The minimum absolute atomic E-state index is 0.0114. The van der Waals surface area contributed by atoms with Crippen LogP contribution in [0, 0.1) is 59.2 Å². The minimum atomic E-state index is -5.07. The topological polar surface area (TPSA) is 460 Å². The third-order valence-electron chi connectivity index (χ3n) is 20.6. The molecule has 492 valence electrons. The summed E-state index contributed by atoms with van der Waals surface area (Å²) in [5, 5.41) is 28.2. The van der Waals surface area contributed by atoms with E-state index in [2.05, 4.69) is 15.6 Å². The number of benzene rings is 1. The average molecular weight is 1270 g/mol. The van der Waals surface area contributed by atoms with Gasteiger partial charge in [0.25, 0.3) is 0 Å². The standard InChI is InChI=1S/C62H90N13O14P/c1-29-20-39-40(21-30(29)2)75(28-70-39)57-52(84)53(41(27-76)87-57)89-90(85,86)88-31(3)26-69-49(83)18-19-59(8)37(22-46(66)80)56-62(11)61(10,25-48(68)82)36(14-17-45(65)79)51(74-62)33(5)55-60(9,24-47(67)81)34(12-15-43(63)77)38(71-55)23-42-58(6,7)35(13-16-44(64)78)50(72-42)32(4)54(59)73-56/h20-21,23,28,31,34-37,41,52-53,56-57,71,76,84H,12-19,22,24-27H2,1-11H3,(H2,63,77)(H2,64,78)(H2,65,79)(H2,66,80)(H2,67,81)(H2,68,82)(H,69,83)(H,85,86)/b38-23?,50-32?,55-33-/t31-,34-,35-,36-,37+,41-,52-,53-,56-,57-,59-,60+,61+,62+/m1/s1. The molecule has 6 aliphatic rings. The number of carbonyl (C=O) groups excluding carboxylic acids is 7. The largest absolute Gasteiger partial charge is 0.472 e. The first-order valence-electron chi connectivity index (χ1n) is 30.6. The highest BCUT2D eigenvalue weighted by Gasteiger charge is 2.66. The maximum absolute atomic E-state index is 14.4. The molecule has 1 aromatic carbocycles. The van der Waals surface area contributed by atoms with Crippen LogP contribution in [0.3, 0.4) is 0 Å². The van der Waals surface area contributed by atoms with E-state index < -0.39 is 143 Å². The van der Waals surface area contributed by atoms with Crippen molar-refractivity contribution >= 4 is 77.3 Å². The zero-order valence-electron chi connectivity index (χ0n) is 53.3. The molecule has 1 unspecified atom stereocenters. The number of aliphatic imine (C=N–C) groups is 3. The maximum Gasteiger partial charge on any atom is 0.472 e. The molecule has 28 heteroatoms. The van der Waals surface area contributed by atoms with Crippen molar-refractivity contribution in [2.45, 2.75) is 189 Å². The molecule has 8 bridgehead atoms. The number of allylic oxidation sites excluding steroid dienone is 6. The molecule has 90 heavy (non-hydrogen) atoms. The van der Waals surface area contributed by atoms with Gasteiger partial charge in [-0.25, -0.2) is 9.55 Å². The Hall–Kier alpha value is -7.00. The number of aliphatic hydroxyl groups excluding tert-OH is 2. The number of ether oxygens (including phenoxy) is 1. The maximum atomic E-state index is 14.4. The molecule has 6 aliphatic heterocycles. The number of aliphatic hydroxyl groups is 2. The Morgan fingerprint density at radius 2 is 1.40 bits per heavy atom. The number of rotatable bonds is 26. The van der Waals surface area contributed by atoms with Crippen LogP contribution in [0.2, 0.25) is 0 Å². The van der Waals surface area contributed by atoms with E-state index in [9.17, 15) is 53.2 Å². The second kappa shape index (κ2) is 25.6. The number of imidazole rings is 1. The second-order valence-electron chi connectivity index (χ2n) is 27.1. The van der Waals surface area contributed by atoms with Crippen molar-refractivity contribution in [2.24, 2.45) is 94.7 Å². The van der Waals surface area contributed by atoms with Gasteiger partial charge in [-0.2, -0.15) is 0 Å². The molecule has 17 N–H and O–H groups in total. The third kappa shape index (κ3) is 13.0. The zero-order valence-corrected chi connectivity index (χ0v) is 54.1. The molecule has 7 heterocycles. The number of phosphoric acid groups is 1. The molecule has 8 rings (SSSR count). The summed E-state index contributed by atoms with van der Waals surface area (Å²) in [6, 6.07) is 2.70. The lowest BCUT2D eigenvalue weighted by atomic mass is 9.55. The highest BCUT2D eigenvalue weighted by Crippen LogP contribution is 2.63. The highest BCUT2D eigenvalue weighted by molar-refractivity contribution is 7.47. The third-order valence-corrected chi connectivity index (χ3v) is 21.7. The van der Waals surface area contributed by atoms with Gasteiger partial charge in [0.2, 0.25) is 41.4 Å². The lowest BCUT2D eigenvalue weighted by Crippen LogP contribution is -2.56. The van der Waals surface area contributed by atoms with Crippen LogP contribution >= 0.6 is 7.82 Å². The number of hydrogen-bond donors (Lipinski definition) is 11. The summed E-state index contributed by atoms with van der Waals surface area (Å²) >= 11 is 0. The van der Waals surface area contributed by atoms with Gasteiger partial charge in [-0.3, -0.25) is 57.6 Å². The Bertz CT molecular complexity index is 3540. The van der Waals surface area contributed by atoms with Gasteiger partial charge in [0.1, 0.15) is 18.3 Å². The number of nitrogens with zero attached hydrogens (tertiary/aromatic N) is 5. The fraction of sp³-hybridized carbons (Fsp3) is 0.629. The molecule has 7 amide bonds. The van der Waals surface area contributed by atoms with E-state index in [4.69, 9.17) is 63.2 Å². The Balaban J connectivity index is 1.19. The number of fused-ring (bicyclic) bond motifs is 7. The number of amides is 7. The lowest BCUT2D eigenvalue weighted by molar-refractivity contribution is -0.124. The fourth-order valence-electron chi connectivity index (χ4n) is 15.4. The summed E-state index contributed by atoms with van der Waals surface area (Å²) in [6.45, 7) is 19.3. The molecule has 27 nitrogen and oxygen atoms in total. The number of primary amides is 6. The van der Waals surface area contributed by atoms with E-state index in [0.717, 1.165) is 11.1 Å². The van der Waals surface area contributed by atoms with Gasteiger partial charge in [0, 0.05) is 131 Å². The molecule has 2 fully saturated rings. The normalized spacial score (nSPS) is 32.8. The van der Waals surface area contributed by atoms with Crippen LogP contribution < -0.4 is 45.0 Å². The van der Waals surface area contributed by atoms with E-state index in [1.165, 1.54) is 13.3 Å². The van der Waals surface area contributed by atoms with E-state index in [1.54, 1.807) is 4.57 Å². The molecule has 2 aromatic rings. The number of hydrogen-bond acceptors (Lipinski definition) is 18. The number of nitrogens with two attached hydrogens (primary N) is 6. The van der Waals surface area contributed by atoms with Gasteiger partial charge in [0.15, 0.2) is 6.23 Å². The van der Waals surface area contributed by atoms with E-state index in [-0.39, 0.29) is 77.2 Å². The van der Waals surface area contributed by atoms with Crippen LogP contribution in [0.15, 0.2) is 67.8 Å². The van der Waals surface area contributed by atoms with Gasteiger partial charge < -0.3 is 69.4 Å². The number of aryl methyl sites for hydroxylation is 2. The Labute approximate surface area is 523 Å². The van der Waals surface area contributed by atoms with E-state index in [1.807, 2.05) is 87.4 Å². The van der Waals surface area contributed by atoms with Gasteiger partial charge in [0.05, 0.1) is 41.7 Å². The second-order valence-corrected chi connectivity index (χ2v) is 28.4. The predicted octanol–water partition coefficient (Wildman–Crippen LogP) is 3.16. The summed E-state index contributed by atoms with van der Waals surface area (Å²) in [5.41, 5.74) is 37.4. The predicted molar refractivity (Wildman–Crippen MR) is 334 cm³/mol. The number of aromatic nitrogens is 2. The van der Waals surface area contributed by atoms with Gasteiger partial charge in [-0.1, -0.05) is 34.6 Å². The number of nitrogens with one attached hydrogen (secondary N) is 2. The first-order chi connectivity index (χ1) is 41.8. The van der Waals surface area contributed by atoms with E-state index in [0.29, 0.717) is 56.4 Å². The summed E-state index contributed by atoms with van der Waals surface area (Å²) in [5.74, 6) is -7.18. The van der Waals surface area contributed by atoms with Crippen LogP contribution in [0.1, 0.15) is 150 Å². The SMILES string of the molecule is CC1=C2N=C(C=C3N/C(=C(/C)C4=N[C@@](C)([C@@H]5N=C1[C@](C)(CCC(=O)NC[C@@H](C)OP(=O)(O)O[C@H]1[C@@H](O)[C@H](n6cnc7cc(C)c(C)cc76)O[C@@H]1CO)[C@H]5CC(N)=O)[C@@](C)(CC(N)=O)[C@@H]4CCC(N)=O)[C@@](C)(CC(N)=O)[C@@H]3CCC(N)=O)C(C)(C)[C@@H]2CCC(N)=O. The van der Waals surface area contributed by atoms with E-state index >= 15 is 0 Å². The smallest absolute Gasteiger partial charge is 0.394 e. The van der Waals surface area contributed by atoms with Crippen LogP contribution in [0.25, 0.3) is 11.0 Å². The van der Waals surface area contributed by atoms with Crippen molar-refractivity contribution in [2.75, 3.05) is 13.2 Å².